The second-order valence-electron chi connectivity index (χ2n) is 13.9. The fourth-order valence-electron chi connectivity index (χ4n) is 7.73. The van der Waals surface area contributed by atoms with Crippen LogP contribution in [0.15, 0.2) is 131 Å². The van der Waals surface area contributed by atoms with Crippen LogP contribution in [0.25, 0.3) is 11.4 Å². The molecule has 4 nitrogen and oxygen atoms in total. The van der Waals surface area contributed by atoms with Gasteiger partial charge in [-0.3, -0.25) is 9.98 Å². The van der Waals surface area contributed by atoms with Crippen molar-refractivity contribution >= 4 is 35.2 Å². The normalized spacial score (nSPS) is 20.2. The molecule has 2 aromatic rings. The number of unbranched alkanes of at least 4 members (excludes halogenated alkanes) is 2. The zero-order valence-electron chi connectivity index (χ0n) is 30.7. The zero-order valence-corrected chi connectivity index (χ0v) is 30.7. The number of nitrogens with zero attached hydrogens (tertiary/aromatic N) is 4. The number of hydrogen-bond acceptors (Lipinski definition) is 4. The molecular formula is C46H52N4. The van der Waals surface area contributed by atoms with Gasteiger partial charge in [0.05, 0.1) is 23.5 Å². The first kappa shape index (κ1) is 34.9. The van der Waals surface area contributed by atoms with E-state index in [1.807, 2.05) is 13.0 Å². The summed E-state index contributed by atoms with van der Waals surface area (Å²) in [7, 11) is 0. The summed E-state index contributed by atoms with van der Waals surface area (Å²) in [6.07, 6.45) is 30.8. The van der Waals surface area contributed by atoms with Crippen molar-refractivity contribution in [2.45, 2.75) is 91.6 Å². The molecule has 4 aliphatic heterocycles. The summed E-state index contributed by atoms with van der Waals surface area (Å²) in [5, 5.41) is 0. The minimum atomic E-state index is 0.175. The van der Waals surface area contributed by atoms with Crippen LogP contribution in [0, 0.1) is 13.8 Å². The molecule has 0 spiro atoms. The highest BCUT2D eigenvalue weighted by Crippen LogP contribution is 2.41. The molecule has 0 aromatic heterocycles. The molecule has 0 N–H and O–H groups in total. The Morgan fingerprint density at radius 1 is 0.720 bits per heavy atom. The lowest BCUT2D eigenvalue weighted by Crippen LogP contribution is -2.25. The summed E-state index contributed by atoms with van der Waals surface area (Å²) < 4.78 is 0. The van der Waals surface area contributed by atoms with Crippen molar-refractivity contribution < 1.29 is 0 Å². The monoisotopic (exact) mass is 660 g/mol. The number of fused-ring (bicyclic) bond motifs is 4. The second-order valence-corrected chi connectivity index (χ2v) is 13.9. The van der Waals surface area contributed by atoms with Crippen molar-refractivity contribution in [1.82, 2.24) is 9.80 Å². The van der Waals surface area contributed by atoms with E-state index >= 15 is 0 Å². The highest BCUT2D eigenvalue weighted by molar-refractivity contribution is 5.86. The van der Waals surface area contributed by atoms with Gasteiger partial charge < -0.3 is 9.80 Å². The number of rotatable bonds is 11. The Morgan fingerprint density at radius 3 is 1.66 bits per heavy atom. The molecule has 50 heavy (non-hydrogen) atoms. The summed E-state index contributed by atoms with van der Waals surface area (Å²) in [6, 6.07) is 9.58. The van der Waals surface area contributed by atoms with Gasteiger partial charge in [0.1, 0.15) is 0 Å². The van der Waals surface area contributed by atoms with Gasteiger partial charge in [-0.1, -0.05) is 68.7 Å². The Bertz CT molecular complexity index is 1950. The topological polar surface area (TPSA) is 31.2 Å². The molecule has 0 aliphatic carbocycles. The number of hydrogen-bond donors (Lipinski definition) is 0. The molecule has 4 heterocycles. The summed E-state index contributed by atoms with van der Waals surface area (Å²) in [5.41, 5.74) is 16.9. The van der Waals surface area contributed by atoms with E-state index in [0.717, 1.165) is 72.4 Å². The van der Waals surface area contributed by atoms with Gasteiger partial charge in [-0.25, -0.2) is 0 Å². The SMILES string of the molecule is C=C/C=C(\C=C/C)C1=CN2C(=C)c3cc(C)c(CCCCCc4cc5c(cc4C)C(=C)N4C=C(C(/C=C\C)=C/C)CC4C=N5)cc3N=CC2C1. The standard InChI is InChI=1S/C46H52N4/c1-9-16-35(12-4)39-23-41-27-47-45-25-37(31(5)21-43(45)33(7)49(41)29-39)19-14-13-15-20-38-26-46-44(22-32(38)6)34(8)50-30-40(24-42(50)28-48-46)36(17-10-2)18-11-3/h9-12,16-18,21-22,25-30,41-42H,2,7-8,13-15,19-20,23-24H2,1,3-6H3/b16-9-,18-11-,35-12+,36-17+. The maximum absolute atomic E-state index is 5.00. The van der Waals surface area contributed by atoms with Crippen molar-refractivity contribution in [2.24, 2.45) is 9.98 Å². The van der Waals surface area contributed by atoms with Crippen molar-refractivity contribution in [3.05, 3.63) is 155 Å². The lowest BCUT2D eigenvalue weighted by atomic mass is 9.95. The van der Waals surface area contributed by atoms with Gasteiger partial charge in [0, 0.05) is 60.2 Å². The largest absolute Gasteiger partial charge is 0.339 e. The quantitative estimate of drug-likeness (QED) is 0.177. The molecule has 2 atom stereocenters. The number of allylic oxidation sites excluding steroid dienone is 9. The first-order valence-corrected chi connectivity index (χ1v) is 18.2. The van der Waals surface area contributed by atoms with Crippen LogP contribution in [-0.4, -0.2) is 34.3 Å². The molecule has 2 aromatic carbocycles. The van der Waals surface area contributed by atoms with Gasteiger partial charge in [0.15, 0.2) is 0 Å². The van der Waals surface area contributed by atoms with Crippen LogP contribution in [0.4, 0.5) is 11.4 Å². The number of benzene rings is 2. The number of aliphatic imine (C=N–C) groups is 2. The summed E-state index contributed by atoms with van der Waals surface area (Å²) in [4.78, 5) is 14.6. The Hall–Kier alpha value is -4.96. The maximum Gasteiger partial charge on any atom is 0.0729 e. The average Bonchev–Trinajstić information content (AvgIpc) is 3.68. The molecule has 0 radical (unpaired) electrons. The Balaban J connectivity index is 1.07. The van der Waals surface area contributed by atoms with Crippen molar-refractivity contribution in [2.75, 3.05) is 0 Å². The summed E-state index contributed by atoms with van der Waals surface area (Å²) in [6.45, 7) is 23.6. The first-order valence-electron chi connectivity index (χ1n) is 18.2. The molecule has 0 saturated carbocycles. The summed E-state index contributed by atoms with van der Waals surface area (Å²) in [5.74, 6) is 0. The minimum Gasteiger partial charge on any atom is -0.339 e. The lowest BCUT2D eigenvalue weighted by molar-refractivity contribution is 0.516. The van der Waals surface area contributed by atoms with Crippen LogP contribution >= 0.6 is 0 Å². The van der Waals surface area contributed by atoms with Crippen LogP contribution < -0.4 is 0 Å². The van der Waals surface area contributed by atoms with Gasteiger partial charge in [-0.15, -0.1) is 0 Å². The molecule has 0 amide bonds. The minimum absolute atomic E-state index is 0.175. The van der Waals surface area contributed by atoms with E-state index in [1.54, 1.807) is 0 Å². The van der Waals surface area contributed by atoms with Gasteiger partial charge >= 0.3 is 0 Å². The molecule has 4 aliphatic rings. The zero-order chi connectivity index (χ0) is 35.4. The van der Waals surface area contributed by atoms with Crippen molar-refractivity contribution in [3.63, 3.8) is 0 Å². The molecule has 4 heteroatoms. The molecule has 0 fully saturated rings. The lowest BCUT2D eigenvalue weighted by Gasteiger charge is -2.23. The predicted octanol–water partition coefficient (Wildman–Crippen LogP) is 11.8. The molecular weight excluding hydrogens is 609 g/mol. The van der Waals surface area contributed by atoms with E-state index in [4.69, 9.17) is 9.98 Å². The first-order chi connectivity index (χ1) is 24.3. The molecule has 0 bridgehead atoms. The van der Waals surface area contributed by atoms with E-state index < -0.39 is 0 Å². The third-order valence-electron chi connectivity index (χ3n) is 10.5. The smallest absolute Gasteiger partial charge is 0.0729 e. The van der Waals surface area contributed by atoms with E-state index in [2.05, 4.69) is 143 Å². The third kappa shape index (κ3) is 7.03. The van der Waals surface area contributed by atoms with Crippen LogP contribution in [0.5, 0.6) is 0 Å². The highest BCUT2D eigenvalue weighted by atomic mass is 15.2. The molecule has 6 rings (SSSR count). The van der Waals surface area contributed by atoms with Gasteiger partial charge in [-0.2, -0.15) is 0 Å². The summed E-state index contributed by atoms with van der Waals surface area (Å²) >= 11 is 0. The van der Waals surface area contributed by atoms with Crippen LogP contribution in [-0.2, 0) is 12.8 Å². The second kappa shape index (κ2) is 15.3. The van der Waals surface area contributed by atoms with E-state index in [-0.39, 0.29) is 12.1 Å². The predicted molar refractivity (Wildman–Crippen MR) is 216 cm³/mol. The Labute approximate surface area is 300 Å². The number of aryl methyl sites for hydroxylation is 4. The third-order valence-corrected chi connectivity index (χ3v) is 10.5. The van der Waals surface area contributed by atoms with E-state index in [0.29, 0.717) is 0 Å². The molecule has 256 valence electrons. The van der Waals surface area contributed by atoms with Gasteiger partial charge in [-0.05, 0) is 129 Å². The van der Waals surface area contributed by atoms with Gasteiger partial charge in [0.2, 0.25) is 0 Å². The van der Waals surface area contributed by atoms with Crippen LogP contribution in [0.2, 0.25) is 0 Å². The van der Waals surface area contributed by atoms with Crippen molar-refractivity contribution in [1.29, 1.82) is 0 Å². The highest BCUT2D eigenvalue weighted by Gasteiger charge is 2.31. The van der Waals surface area contributed by atoms with E-state index in [9.17, 15) is 0 Å². The van der Waals surface area contributed by atoms with E-state index in [1.165, 1.54) is 51.0 Å². The van der Waals surface area contributed by atoms with Crippen molar-refractivity contribution in [3.8, 4) is 0 Å². The van der Waals surface area contributed by atoms with Crippen LogP contribution in [0.3, 0.4) is 0 Å². The molecule has 2 unspecified atom stereocenters. The fraction of sp³-hybridized carbons (Fsp3) is 0.304. The average molecular weight is 661 g/mol. The van der Waals surface area contributed by atoms with Gasteiger partial charge in [0.25, 0.3) is 0 Å². The molecule has 0 saturated heterocycles. The van der Waals surface area contributed by atoms with Crippen LogP contribution in [0.1, 0.15) is 86.3 Å². The maximum atomic E-state index is 5.00. The fourth-order valence-corrected chi connectivity index (χ4v) is 7.73. The Kier molecular flexibility index (Phi) is 10.7. The Morgan fingerprint density at radius 2 is 1.20 bits per heavy atom.